The van der Waals surface area contributed by atoms with Crippen LogP contribution in [0.25, 0.3) is 0 Å². The molecule has 0 saturated carbocycles. The van der Waals surface area contributed by atoms with Crippen molar-refractivity contribution in [3.8, 4) is 11.8 Å². The maximum Gasteiger partial charge on any atom is 0.384 e. The lowest BCUT2D eigenvalue weighted by atomic mass is 10.1. The average Bonchev–Trinajstić information content (AvgIpc) is 2.36. The van der Waals surface area contributed by atoms with Crippen LogP contribution < -0.4 is 0 Å². The van der Waals surface area contributed by atoms with Crippen LogP contribution in [0.3, 0.4) is 0 Å². The zero-order chi connectivity index (χ0) is 14.4. The Morgan fingerprint density at radius 1 is 1.58 bits per heavy atom. The summed E-state index contributed by atoms with van der Waals surface area (Å²) in [6.45, 7) is 3.50. The maximum atomic E-state index is 11.0. The van der Waals surface area contributed by atoms with E-state index in [0.717, 1.165) is 0 Å². The van der Waals surface area contributed by atoms with Crippen LogP contribution in [-0.4, -0.2) is 22.6 Å². The fourth-order valence-corrected chi connectivity index (χ4v) is 1.42. The van der Waals surface area contributed by atoms with E-state index in [0.29, 0.717) is 5.56 Å². The van der Waals surface area contributed by atoms with E-state index in [1.807, 2.05) is 0 Å². The van der Waals surface area contributed by atoms with Crippen LogP contribution in [0.1, 0.15) is 24.2 Å². The summed E-state index contributed by atoms with van der Waals surface area (Å²) in [6.07, 6.45) is -1.41. The molecule has 0 aromatic heterocycles. The van der Waals surface area contributed by atoms with Gasteiger partial charge in [-0.1, -0.05) is 12.0 Å². The third kappa shape index (κ3) is 4.08. The molecule has 100 valence electrons. The largest absolute Gasteiger partial charge is 0.456 e. The second-order valence-corrected chi connectivity index (χ2v) is 3.71. The van der Waals surface area contributed by atoms with Gasteiger partial charge in [0.2, 0.25) is 0 Å². The fourth-order valence-electron chi connectivity index (χ4n) is 1.42. The van der Waals surface area contributed by atoms with Crippen molar-refractivity contribution in [1.29, 1.82) is 0 Å². The highest BCUT2D eigenvalue weighted by Crippen LogP contribution is 2.25. The lowest BCUT2D eigenvalue weighted by Gasteiger charge is -2.05. The van der Waals surface area contributed by atoms with Gasteiger partial charge in [0.05, 0.1) is 17.1 Å². The Labute approximate surface area is 110 Å². The normalized spacial score (nSPS) is 11.1. The molecule has 6 heteroatoms. The van der Waals surface area contributed by atoms with Gasteiger partial charge in [0, 0.05) is 12.0 Å². The summed E-state index contributed by atoms with van der Waals surface area (Å²) in [5.41, 5.74) is 0.513. The molecular weight excluding hydrogens is 250 g/mol. The highest BCUT2D eigenvalue weighted by molar-refractivity contribution is 5.88. The number of hydrogen-bond donors (Lipinski definition) is 1. The molecule has 0 aliphatic heterocycles. The van der Waals surface area contributed by atoms with Crippen molar-refractivity contribution in [2.75, 3.05) is 6.61 Å². The molecule has 6 nitrogen and oxygen atoms in total. The number of ether oxygens (including phenoxy) is 1. The number of hydrogen-bond acceptors (Lipinski definition) is 5. The Kier molecular flexibility index (Phi) is 5.03. The summed E-state index contributed by atoms with van der Waals surface area (Å²) in [7, 11) is 0. The molecule has 0 amide bonds. The number of nitro groups is 1. The number of aryl methyl sites for hydroxylation is 1. The number of nitrogens with zero attached hydrogens (tertiary/aromatic N) is 1. The molecular formula is C13H13NO5. The minimum absolute atomic E-state index is 0.0485. The molecule has 1 N–H and O–H groups in total. The van der Waals surface area contributed by atoms with Gasteiger partial charge in [-0.25, -0.2) is 4.79 Å². The monoisotopic (exact) mass is 263 g/mol. The van der Waals surface area contributed by atoms with Gasteiger partial charge in [0.1, 0.15) is 6.10 Å². The van der Waals surface area contributed by atoms with Crippen LogP contribution in [0.5, 0.6) is 0 Å². The Balaban J connectivity index is 3.03. The number of aliphatic hydroxyl groups excluding tert-OH is 1. The highest BCUT2D eigenvalue weighted by Gasteiger charge is 2.19. The van der Waals surface area contributed by atoms with Gasteiger partial charge in [-0.15, -0.1) is 0 Å². The maximum absolute atomic E-state index is 11.0. The molecule has 0 heterocycles. The smallest absolute Gasteiger partial charge is 0.384 e. The number of benzene rings is 1. The average molecular weight is 263 g/mol. The zero-order valence-electron chi connectivity index (χ0n) is 10.5. The molecule has 19 heavy (non-hydrogen) atoms. The van der Waals surface area contributed by atoms with E-state index in [-0.39, 0.29) is 17.9 Å². The summed E-state index contributed by atoms with van der Waals surface area (Å²) in [5.74, 6) is 3.52. The number of nitro benzene ring substituents is 1. The molecule has 0 fully saturated rings. The van der Waals surface area contributed by atoms with Gasteiger partial charge in [-0.2, -0.15) is 0 Å². The fraction of sp³-hybridized carbons (Fsp3) is 0.308. The number of aliphatic hydroxyl groups is 1. The first kappa shape index (κ1) is 14.7. The van der Waals surface area contributed by atoms with E-state index in [1.165, 1.54) is 12.1 Å². The first-order valence-electron chi connectivity index (χ1n) is 5.57. The van der Waals surface area contributed by atoms with E-state index in [9.17, 15) is 20.0 Å². The van der Waals surface area contributed by atoms with Crippen molar-refractivity contribution in [1.82, 2.24) is 0 Å². The SMILES string of the molecule is CCOC(=O)C#CC(O)c1ccc(C)cc1[N+](=O)[O-]. The molecule has 0 bridgehead atoms. The van der Waals surface area contributed by atoms with Crippen LogP contribution in [0, 0.1) is 28.9 Å². The van der Waals surface area contributed by atoms with E-state index in [2.05, 4.69) is 16.6 Å². The number of carbonyl (C=O) groups is 1. The molecule has 1 rings (SSSR count). The lowest BCUT2D eigenvalue weighted by Crippen LogP contribution is -2.03. The van der Waals surface area contributed by atoms with E-state index in [4.69, 9.17) is 0 Å². The van der Waals surface area contributed by atoms with Gasteiger partial charge in [0.25, 0.3) is 5.69 Å². The molecule has 0 saturated heterocycles. The Morgan fingerprint density at radius 3 is 2.84 bits per heavy atom. The topological polar surface area (TPSA) is 89.7 Å². The minimum atomic E-state index is -1.41. The summed E-state index contributed by atoms with van der Waals surface area (Å²) >= 11 is 0. The predicted octanol–water partition coefficient (Wildman–Crippen LogP) is 1.50. The van der Waals surface area contributed by atoms with Crippen LogP contribution in [0.4, 0.5) is 5.69 Å². The van der Waals surface area contributed by atoms with Gasteiger partial charge >= 0.3 is 5.97 Å². The van der Waals surface area contributed by atoms with Gasteiger partial charge in [-0.3, -0.25) is 10.1 Å². The summed E-state index contributed by atoms with van der Waals surface area (Å²) in [4.78, 5) is 21.3. The Morgan fingerprint density at radius 2 is 2.26 bits per heavy atom. The molecule has 0 radical (unpaired) electrons. The lowest BCUT2D eigenvalue weighted by molar-refractivity contribution is -0.386. The molecule has 1 atom stereocenters. The first-order valence-corrected chi connectivity index (χ1v) is 5.57. The van der Waals surface area contributed by atoms with Crippen molar-refractivity contribution >= 4 is 11.7 Å². The molecule has 1 unspecified atom stereocenters. The van der Waals surface area contributed by atoms with Crippen LogP contribution in [0.15, 0.2) is 18.2 Å². The second kappa shape index (κ2) is 6.52. The standard InChI is InChI=1S/C13H13NO5/c1-3-19-13(16)7-6-12(15)10-5-4-9(2)8-11(10)14(17)18/h4-5,8,12,15H,3H2,1-2H3. The summed E-state index contributed by atoms with van der Waals surface area (Å²) < 4.78 is 4.57. The van der Waals surface area contributed by atoms with Crippen molar-refractivity contribution in [2.24, 2.45) is 0 Å². The van der Waals surface area contributed by atoms with Crippen molar-refractivity contribution in [3.63, 3.8) is 0 Å². The summed E-state index contributed by atoms with van der Waals surface area (Å²) in [6, 6.07) is 4.38. The molecule has 1 aromatic carbocycles. The van der Waals surface area contributed by atoms with Gasteiger partial charge in [-0.05, 0) is 25.5 Å². The third-order valence-electron chi connectivity index (χ3n) is 2.26. The number of carbonyl (C=O) groups excluding carboxylic acids is 1. The molecule has 0 aliphatic carbocycles. The van der Waals surface area contributed by atoms with E-state index in [1.54, 1.807) is 19.9 Å². The molecule has 0 spiro atoms. The Bertz CT molecular complexity index is 556. The van der Waals surface area contributed by atoms with Crippen LogP contribution in [-0.2, 0) is 9.53 Å². The minimum Gasteiger partial charge on any atom is -0.456 e. The third-order valence-corrected chi connectivity index (χ3v) is 2.26. The second-order valence-electron chi connectivity index (χ2n) is 3.71. The highest BCUT2D eigenvalue weighted by atomic mass is 16.6. The van der Waals surface area contributed by atoms with Crippen molar-refractivity contribution < 1.29 is 19.6 Å². The molecule has 0 aliphatic rings. The first-order chi connectivity index (χ1) is 8.95. The number of rotatable bonds is 3. The van der Waals surface area contributed by atoms with Crippen molar-refractivity contribution in [2.45, 2.75) is 20.0 Å². The van der Waals surface area contributed by atoms with Crippen molar-refractivity contribution in [3.05, 3.63) is 39.4 Å². The zero-order valence-corrected chi connectivity index (χ0v) is 10.5. The molecule has 1 aromatic rings. The summed E-state index contributed by atoms with van der Waals surface area (Å²) in [5, 5.41) is 20.6. The van der Waals surface area contributed by atoms with Gasteiger partial charge < -0.3 is 9.84 Å². The van der Waals surface area contributed by atoms with Crippen LogP contribution >= 0.6 is 0 Å². The van der Waals surface area contributed by atoms with E-state index >= 15 is 0 Å². The predicted molar refractivity (Wildman–Crippen MR) is 67.2 cm³/mol. The van der Waals surface area contributed by atoms with Gasteiger partial charge in [0.15, 0.2) is 0 Å². The van der Waals surface area contributed by atoms with E-state index < -0.39 is 17.0 Å². The van der Waals surface area contributed by atoms with Crippen LogP contribution in [0.2, 0.25) is 0 Å². The Hall–Kier alpha value is -2.39. The quantitative estimate of drug-likeness (QED) is 0.293. The number of esters is 1.